The third kappa shape index (κ3) is 4.34. The quantitative estimate of drug-likeness (QED) is 0.593. The van der Waals surface area contributed by atoms with Gasteiger partial charge in [0.05, 0.1) is 12.4 Å². The van der Waals surface area contributed by atoms with Crippen molar-refractivity contribution in [2.75, 3.05) is 24.6 Å². The van der Waals surface area contributed by atoms with Crippen LogP contribution in [-0.2, 0) is 4.74 Å². The maximum absolute atomic E-state index is 5.72. The van der Waals surface area contributed by atoms with Crippen molar-refractivity contribution in [2.24, 2.45) is 5.92 Å². The molecule has 1 aromatic heterocycles. The Morgan fingerprint density at radius 1 is 1.48 bits per heavy atom. The first-order valence-electron chi connectivity index (χ1n) is 7.60. The summed E-state index contributed by atoms with van der Waals surface area (Å²) in [6.45, 7) is 12.4. The summed E-state index contributed by atoms with van der Waals surface area (Å²) in [4.78, 5) is 6.62. The molecule has 1 aromatic rings. The Morgan fingerprint density at radius 2 is 2.19 bits per heavy atom. The van der Waals surface area contributed by atoms with Crippen LogP contribution >= 0.6 is 0 Å². The Morgan fingerprint density at radius 3 is 2.76 bits per heavy atom. The van der Waals surface area contributed by atoms with Gasteiger partial charge in [0.15, 0.2) is 5.82 Å². The van der Waals surface area contributed by atoms with E-state index in [9.17, 15) is 0 Å². The fourth-order valence-electron chi connectivity index (χ4n) is 2.34. The minimum Gasteiger partial charge on any atom is -0.498 e. The van der Waals surface area contributed by atoms with E-state index in [-0.39, 0.29) is 0 Å². The van der Waals surface area contributed by atoms with E-state index < -0.39 is 0 Å². The minimum absolute atomic E-state index is 0.299. The molecular formula is C16H25N3O2. The molecule has 1 fully saturated rings. The summed E-state index contributed by atoms with van der Waals surface area (Å²) in [7, 11) is 0. The maximum atomic E-state index is 5.72. The number of piperidine rings is 1. The molecule has 1 aliphatic rings. The van der Waals surface area contributed by atoms with Crippen molar-refractivity contribution in [1.29, 1.82) is 0 Å². The number of ether oxygens (including phenoxy) is 1. The molecule has 2 heterocycles. The third-order valence-electron chi connectivity index (χ3n) is 3.73. The van der Waals surface area contributed by atoms with Crippen LogP contribution in [0, 0.1) is 5.92 Å². The first kappa shape index (κ1) is 15.6. The molecule has 116 valence electrons. The molecule has 2 rings (SSSR count). The van der Waals surface area contributed by atoms with E-state index in [4.69, 9.17) is 9.26 Å². The molecule has 1 saturated heterocycles. The van der Waals surface area contributed by atoms with Gasteiger partial charge in [0.1, 0.15) is 0 Å². The summed E-state index contributed by atoms with van der Waals surface area (Å²) in [5.41, 5.74) is 0. The number of rotatable bonds is 6. The Bertz CT molecular complexity index is 485. The van der Waals surface area contributed by atoms with E-state index >= 15 is 0 Å². The summed E-state index contributed by atoms with van der Waals surface area (Å²) < 4.78 is 11.1. The molecule has 0 aromatic carbocycles. The topological polar surface area (TPSA) is 51.4 Å². The zero-order valence-electron chi connectivity index (χ0n) is 13.2. The number of aromatic nitrogens is 2. The SMILES string of the molecule is C=C/C=C(\C)OCC1CCN(c2nc(C(C)C)no2)CC1. The predicted octanol–water partition coefficient (Wildman–Crippen LogP) is 3.52. The van der Waals surface area contributed by atoms with Gasteiger partial charge in [0, 0.05) is 19.0 Å². The Kier molecular flexibility index (Phi) is 5.42. The zero-order valence-corrected chi connectivity index (χ0v) is 13.2. The summed E-state index contributed by atoms with van der Waals surface area (Å²) in [6, 6.07) is 0.654. The van der Waals surface area contributed by atoms with Crippen molar-refractivity contribution in [1.82, 2.24) is 10.1 Å². The Balaban J connectivity index is 1.80. The zero-order chi connectivity index (χ0) is 15.2. The molecule has 5 heteroatoms. The van der Waals surface area contributed by atoms with Crippen LogP contribution in [0.2, 0.25) is 0 Å². The van der Waals surface area contributed by atoms with Gasteiger partial charge in [-0.1, -0.05) is 31.7 Å². The highest BCUT2D eigenvalue weighted by Gasteiger charge is 2.23. The van der Waals surface area contributed by atoms with Gasteiger partial charge in [-0.15, -0.1) is 0 Å². The minimum atomic E-state index is 0.299. The second-order valence-corrected chi connectivity index (χ2v) is 5.84. The van der Waals surface area contributed by atoms with Crippen LogP contribution in [0.25, 0.3) is 0 Å². The van der Waals surface area contributed by atoms with Gasteiger partial charge in [-0.2, -0.15) is 4.98 Å². The molecule has 0 atom stereocenters. The van der Waals surface area contributed by atoms with Gasteiger partial charge in [-0.3, -0.25) is 0 Å². The third-order valence-corrected chi connectivity index (χ3v) is 3.73. The van der Waals surface area contributed by atoms with E-state index in [1.807, 2.05) is 13.0 Å². The average Bonchev–Trinajstić information content (AvgIpc) is 2.96. The highest BCUT2D eigenvalue weighted by Crippen LogP contribution is 2.24. The molecular weight excluding hydrogens is 266 g/mol. The molecule has 1 aliphatic heterocycles. The van der Waals surface area contributed by atoms with Crippen LogP contribution in [-0.4, -0.2) is 29.8 Å². The van der Waals surface area contributed by atoms with Crippen LogP contribution in [0.15, 0.2) is 29.0 Å². The fourth-order valence-corrected chi connectivity index (χ4v) is 2.34. The van der Waals surface area contributed by atoms with Crippen molar-refractivity contribution in [2.45, 2.75) is 39.5 Å². The van der Waals surface area contributed by atoms with Gasteiger partial charge in [-0.25, -0.2) is 0 Å². The monoisotopic (exact) mass is 291 g/mol. The fraction of sp³-hybridized carbons (Fsp3) is 0.625. The van der Waals surface area contributed by atoms with Gasteiger partial charge in [0.25, 0.3) is 0 Å². The molecule has 0 spiro atoms. The lowest BCUT2D eigenvalue weighted by molar-refractivity contribution is 0.150. The molecule has 0 amide bonds. The number of hydrogen-bond acceptors (Lipinski definition) is 5. The molecule has 0 bridgehead atoms. The smallest absolute Gasteiger partial charge is 0.324 e. The molecule has 21 heavy (non-hydrogen) atoms. The number of hydrogen-bond donors (Lipinski definition) is 0. The highest BCUT2D eigenvalue weighted by molar-refractivity contribution is 5.26. The maximum Gasteiger partial charge on any atom is 0.324 e. The first-order chi connectivity index (χ1) is 10.1. The summed E-state index contributed by atoms with van der Waals surface area (Å²) in [5, 5.41) is 4.02. The molecule has 0 radical (unpaired) electrons. The lowest BCUT2D eigenvalue weighted by Crippen LogP contribution is -2.35. The van der Waals surface area contributed by atoms with Gasteiger partial charge in [-0.05, 0) is 31.8 Å². The lowest BCUT2D eigenvalue weighted by Gasteiger charge is -2.30. The number of anilines is 1. The van der Waals surface area contributed by atoms with Gasteiger partial charge >= 0.3 is 6.01 Å². The first-order valence-corrected chi connectivity index (χ1v) is 7.60. The van der Waals surface area contributed by atoms with Crippen molar-refractivity contribution >= 4 is 6.01 Å². The molecule has 0 N–H and O–H groups in total. The lowest BCUT2D eigenvalue weighted by atomic mass is 9.98. The summed E-state index contributed by atoms with van der Waals surface area (Å²) in [5.74, 6) is 2.58. The molecule has 0 aliphatic carbocycles. The highest BCUT2D eigenvalue weighted by atomic mass is 16.5. The van der Waals surface area contributed by atoms with E-state index in [1.165, 1.54) is 0 Å². The van der Waals surface area contributed by atoms with Crippen molar-refractivity contribution in [3.8, 4) is 0 Å². The largest absolute Gasteiger partial charge is 0.498 e. The van der Waals surface area contributed by atoms with Crippen LogP contribution in [0.5, 0.6) is 0 Å². The average molecular weight is 291 g/mol. The van der Waals surface area contributed by atoms with Crippen molar-refractivity contribution in [3.05, 3.63) is 30.3 Å². The van der Waals surface area contributed by atoms with E-state index in [1.54, 1.807) is 6.08 Å². The number of allylic oxidation sites excluding steroid dienone is 3. The van der Waals surface area contributed by atoms with Gasteiger partial charge in [0.2, 0.25) is 0 Å². The van der Waals surface area contributed by atoms with Crippen LogP contribution in [0.4, 0.5) is 6.01 Å². The standard InChI is InChI=1S/C16H25N3O2/c1-5-6-13(4)20-11-14-7-9-19(10-8-14)16-17-15(12(2)3)18-21-16/h5-6,12,14H,1,7-11H2,2-4H3/b13-6+. The van der Waals surface area contributed by atoms with Crippen molar-refractivity contribution < 1.29 is 9.26 Å². The Labute approximate surface area is 126 Å². The van der Waals surface area contributed by atoms with Crippen LogP contribution < -0.4 is 4.90 Å². The molecule has 0 saturated carbocycles. The molecule has 0 unspecified atom stereocenters. The van der Waals surface area contributed by atoms with E-state index in [0.717, 1.165) is 44.1 Å². The second-order valence-electron chi connectivity index (χ2n) is 5.84. The van der Waals surface area contributed by atoms with Crippen LogP contribution in [0.1, 0.15) is 45.4 Å². The summed E-state index contributed by atoms with van der Waals surface area (Å²) >= 11 is 0. The normalized spacial score (nSPS) is 17.3. The van der Waals surface area contributed by atoms with Gasteiger partial charge < -0.3 is 14.2 Å². The Hall–Kier alpha value is -1.78. The second kappa shape index (κ2) is 7.29. The van der Waals surface area contributed by atoms with E-state index in [2.05, 4.69) is 35.5 Å². The summed E-state index contributed by atoms with van der Waals surface area (Å²) in [6.07, 6.45) is 5.81. The van der Waals surface area contributed by atoms with Crippen molar-refractivity contribution in [3.63, 3.8) is 0 Å². The molecule has 5 nitrogen and oxygen atoms in total. The van der Waals surface area contributed by atoms with E-state index in [0.29, 0.717) is 17.9 Å². The predicted molar refractivity (Wildman–Crippen MR) is 83.2 cm³/mol. The number of nitrogens with zero attached hydrogens (tertiary/aromatic N) is 3. The van der Waals surface area contributed by atoms with Crippen LogP contribution in [0.3, 0.4) is 0 Å².